The Balaban J connectivity index is 0.000000310. The van der Waals surface area contributed by atoms with Crippen LogP contribution < -0.4 is 4.72 Å². The van der Waals surface area contributed by atoms with Gasteiger partial charge in [0, 0.05) is 63.6 Å². The topological polar surface area (TPSA) is 71.2 Å². The van der Waals surface area contributed by atoms with Gasteiger partial charge in [-0.15, -0.1) is 0 Å². The molecule has 1 aliphatic heterocycles. The lowest BCUT2D eigenvalue weighted by Crippen LogP contribution is -2.31. The van der Waals surface area contributed by atoms with Crippen molar-refractivity contribution in [1.29, 1.82) is 0 Å². The van der Waals surface area contributed by atoms with Gasteiger partial charge in [-0.05, 0) is 55.3 Å². The monoisotopic (exact) mass is 464 g/mol. The molecule has 8 heteroatoms. The summed E-state index contributed by atoms with van der Waals surface area (Å²) in [6.45, 7) is 3.26. The molecule has 2 aromatic carbocycles. The second-order valence-corrected chi connectivity index (χ2v) is 8.58. The summed E-state index contributed by atoms with van der Waals surface area (Å²) in [5.74, 6) is 0. The number of fused-ring (bicyclic) bond motifs is 1. The Morgan fingerprint density at radius 2 is 1.93 bits per heavy atom. The molecule has 0 fully saturated rings. The summed E-state index contributed by atoms with van der Waals surface area (Å²) in [7, 11) is 0. The maximum Gasteiger partial charge on any atom is 0.0461 e. The number of benzene rings is 2. The van der Waals surface area contributed by atoms with Crippen molar-refractivity contribution in [3.8, 4) is 0 Å². The maximum absolute atomic E-state index is 10.4. The third-order valence-corrected chi connectivity index (χ3v) is 5.81. The SMILES string of the molecule is Clc1ccccc1.O=S([O-])NCCCN1CC=C(c2c[nH]c3ccc(Cl)cc23)CC1. The highest BCUT2D eigenvalue weighted by atomic mass is 35.5. The molecule has 0 radical (unpaired) electrons. The predicted molar refractivity (Wildman–Crippen MR) is 125 cm³/mol. The molecule has 0 saturated carbocycles. The lowest BCUT2D eigenvalue weighted by atomic mass is 9.99. The van der Waals surface area contributed by atoms with Gasteiger partial charge in [0.15, 0.2) is 0 Å². The highest BCUT2D eigenvalue weighted by Gasteiger charge is 2.15. The minimum Gasteiger partial charge on any atom is -0.760 e. The molecule has 0 aliphatic carbocycles. The minimum absolute atomic E-state index is 0.490. The summed E-state index contributed by atoms with van der Waals surface area (Å²) in [6, 6.07) is 15.3. The van der Waals surface area contributed by atoms with Crippen LogP contribution >= 0.6 is 23.2 Å². The van der Waals surface area contributed by atoms with Gasteiger partial charge >= 0.3 is 0 Å². The molecule has 1 aromatic heterocycles. The Morgan fingerprint density at radius 1 is 1.13 bits per heavy atom. The van der Waals surface area contributed by atoms with Gasteiger partial charge in [0.1, 0.15) is 0 Å². The fourth-order valence-electron chi connectivity index (χ4n) is 3.39. The molecule has 0 saturated heterocycles. The number of nitrogens with zero attached hydrogens (tertiary/aromatic N) is 1. The highest BCUT2D eigenvalue weighted by molar-refractivity contribution is 7.77. The van der Waals surface area contributed by atoms with Crippen LogP contribution in [0.15, 0.2) is 60.8 Å². The standard InChI is InChI=1S/C16H20ClN3O2S.C6H5Cl/c17-13-2-3-16-14(10-13)15(11-18-16)12-4-8-20(9-5-12)7-1-6-19-23(21)22;7-6-4-2-1-3-5-6/h2-4,10-11,18-19H,1,5-9H2,(H,21,22);1-5H/p-1. The number of halogens is 2. The molecule has 160 valence electrons. The van der Waals surface area contributed by atoms with Crippen molar-refractivity contribution in [1.82, 2.24) is 14.6 Å². The average Bonchev–Trinajstić information content (AvgIpc) is 3.15. The van der Waals surface area contributed by atoms with Gasteiger partial charge in [0.25, 0.3) is 0 Å². The smallest absolute Gasteiger partial charge is 0.0461 e. The minimum atomic E-state index is -2.16. The van der Waals surface area contributed by atoms with Crippen molar-refractivity contribution in [3.05, 3.63) is 76.4 Å². The molecule has 1 aliphatic rings. The number of hydrogen-bond acceptors (Lipinski definition) is 3. The van der Waals surface area contributed by atoms with E-state index in [4.69, 9.17) is 23.2 Å². The zero-order valence-corrected chi connectivity index (χ0v) is 18.8. The van der Waals surface area contributed by atoms with E-state index in [2.05, 4.69) is 26.9 Å². The second-order valence-electron chi connectivity index (χ2n) is 6.95. The van der Waals surface area contributed by atoms with E-state index >= 15 is 0 Å². The second kappa shape index (κ2) is 11.6. The lowest BCUT2D eigenvalue weighted by Gasteiger charge is -2.26. The molecule has 1 unspecified atom stereocenters. The Hall–Kier alpha value is -1.67. The molecular formula is C22H24Cl2N3O2S-. The van der Waals surface area contributed by atoms with E-state index in [0.29, 0.717) is 6.54 Å². The van der Waals surface area contributed by atoms with Crippen LogP contribution in [0.25, 0.3) is 16.5 Å². The first-order valence-corrected chi connectivity index (χ1v) is 11.6. The van der Waals surface area contributed by atoms with E-state index in [1.54, 1.807) is 0 Å². The van der Waals surface area contributed by atoms with Gasteiger partial charge in [-0.1, -0.05) is 47.5 Å². The first-order chi connectivity index (χ1) is 14.5. The number of hydrogen-bond donors (Lipinski definition) is 2. The van der Waals surface area contributed by atoms with Crippen LogP contribution in [-0.2, 0) is 11.3 Å². The van der Waals surface area contributed by atoms with E-state index in [1.165, 1.54) is 16.5 Å². The van der Waals surface area contributed by atoms with Crippen molar-refractivity contribution in [2.75, 3.05) is 26.2 Å². The van der Waals surface area contributed by atoms with Gasteiger partial charge in [0.05, 0.1) is 0 Å². The molecule has 0 amide bonds. The summed E-state index contributed by atoms with van der Waals surface area (Å²) < 4.78 is 23.2. The Kier molecular flexibility index (Phi) is 8.93. The first kappa shape index (κ1) is 23.0. The van der Waals surface area contributed by atoms with Crippen LogP contribution in [0.1, 0.15) is 18.4 Å². The molecule has 2 N–H and O–H groups in total. The lowest BCUT2D eigenvalue weighted by molar-refractivity contribution is 0.298. The number of H-pyrrole nitrogens is 1. The number of aromatic amines is 1. The summed E-state index contributed by atoms with van der Waals surface area (Å²) in [4.78, 5) is 5.63. The van der Waals surface area contributed by atoms with Gasteiger partial charge in [-0.25, -0.2) is 4.72 Å². The number of nitrogens with one attached hydrogen (secondary N) is 2. The van der Waals surface area contributed by atoms with Crippen LogP contribution in [-0.4, -0.2) is 44.8 Å². The summed E-state index contributed by atoms with van der Waals surface area (Å²) in [6.07, 6.45) is 6.11. The molecule has 0 bridgehead atoms. The molecule has 0 spiro atoms. The normalized spacial score (nSPS) is 15.4. The number of aromatic nitrogens is 1. The zero-order valence-electron chi connectivity index (χ0n) is 16.4. The van der Waals surface area contributed by atoms with Crippen molar-refractivity contribution in [2.45, 2.75) is 12.8 Å². The van der Waals surface area contributed by atoms with Crippen LogP contribution in [0.5, 0.6) is 0 Å². The van der Waals surface area contributed by atoms with E-state index < -0.39 is 11.3 Å². The molecular weight excluding hydrogens is 441 g/mol. The molecule has 5 nitrogen and oxygen atoms in total. The molecule has 3 aromatic rings. The van der Waals surface area contributed by atoms with Gasteiger partial charge in [-0.3, -0.25) is 9.11 Å². The van der Waals surface area contributed by atoms with E-state index in [1.807, 2.05) is 48.5 Å². The fraction of sp³-hybridized carbons (Fsp3) is 0.273. The van der Waals surface area contributed by atoms with E-state index in [0.717, 1.165) is 48.0 Å². The Labute approximate surface area is 189 Å². The molecule has 4 rings (SSSR count). The van der Waals surface area contributed by atoms with E-state index in [9.17, 15) is 8.76 Å². The molecule has 2 heterocycles. The average molecular weight is 465 g/mol. The maximum atomic E-state index is 10.4. The first-order valence-electron chi connectivity index (χ1n) is 9.74. The van der Waals surface area contributed by atoms with Crippen LogP contribution in [0.3, 0.4) is 0 Å². The highest BCUT2D eigenvalue weighted by Crippen LogP contribution is 2.30. The van der Waals surface area contributed by atoms with Crippen LogP contribution in [0.2, 0.25) is 10.0 Å². The van der Waals surface area contributed by atoms with Crippen molar-refractivity contribution in [2.24, 2.45) is 0 Å². The fourth-order valence-corrected chi connectivity index (χ4v) is 4.02. The summed E-state index contributed by atoms with van der Waals surface area (Å²) in [5.41, 5.74) is 3.67. The quantitative estimate of drug-likeness (QED) is 0.397. The third kappa shape index (κ3) is 6.94. The van der Waals surface area contributed by atoms with Crippen molar-refractivity contribution < 1.29 is 8.76 Å². The molecule has 30 heavy (non-hydrogen) atoms. The van der Waals surface area contributed by atoms with Gasteiger partial charge < -0.3 is 9.54 Å². The van der Waals surface area contributed by atoms with Gasteiger partial charge in [-0.2, -0.15) is 0 Å². The zero-order chi connectivity index (χ0) is 21.3. The molecule has 1 atom stereocenters. The summed E-state index contributed by atoms with van der Waals surface area (Å²) in [5, 5.41) is 2.71. The van der Waals surface area contributed by atoms with E-state index in [-0.39, 0.29) is 0 Å². The largest absolute Gasteiger partial charge is 0.760 e. The van der Waals surface area contributed by atoms with Gasteiger partial charge in [0.2, 0.25) is 0 Å². The predicted octanol–water partition coefficient (Wildman–Crippen LogP) is 5.02. The van der Waals surface area contributed by atoms with Crippen LogP contribution in [0.4, 0.5) is 0 Å². The third-order valence-electron chi connectivity index (χ3n) is 4.89. The number of rotatable bonds is 6. The van der Waals surface area contributed by atoms with Crippen molar-refractivity contribution in [3.63, 3.8) is 0 Å². The van der Waals surface area contributed by atoms with Crippen molar-refractivity contribution >= 4 is 50.9 Å². The Bertz CT molecular complexity index is 1010. The summed E-state index contributed by atoms with van der Waals surface area (Å²) >= 11 is 9.49. The van der Waals surface area contributed by atoms with Crippen LogP contribution in [0, 0.1) is 0 Å². The Morgan fingerprint density at radius 3 is 2.57 bits per heavy atom.